The van der Waals surface area contributed by atoms with Crippen LogP contribution >= 0.6 is 11.3 Å². The molecule has 0 saturated heterocycles. The van der Waals surface area contributed by atoms with E-state index in [9.17, 15) is 4.79 Å². The molecule has 2 rings (SSSR count). The molecule has 1 N–H and O–H groups in total. The molecule has 1 atom stereocenters. The number of carbonyl (C=O) groups is 1. The second kappa shape index (κ2) is 4.77. The zero-order valence-corrected chi connectivity index (χ0v) is 9.55. The molecule has 1 saturated carbocycles. The van der Waals surface area contributed by atoms with Crippen molar-refractivity contribution < 1.29 is 9.53 Å². The Kier molecular flexibility index (Phi) is 3.38. The Morgan fingerprint density at radius 2 is 2.53 bits per heavy atom. The van der Waals surface area contributed by atoms with Crippen LogP contribution in [0.25, 0.3) is 0 Å². The summed E-state index contributed by atoms with van der Waals surface area (Å²) >= 11 is 1.59. The number of hydrogen-bond donors (Lipinski definition) is 1. The predicted molar refractivity (Wildman–Crippen MR) is 59.9 cm³/mol. The third kappa shape index (κ3) is 2.79. The Morgan fingerprint density at radius 1 is 1.73 bits per heavy atom. The molecule has 0 radical (unpaired) electrons. The zero-order valence-electron chi connectivity index (χ0n) is 8.73. The lowest BCUT2D eigenvalue weighted by Crippen LogP contribution is -2.31. The Morgan fingerprint density at radius 3 is 3.07 bits per heavy atom. The molecule has 0 amide bonds. The van der Waals surface area contributed by atoms with Crippen molar-refractivity contribution in [3.05, 3.63) is 22.4 Å². The summed E-state index contributed by atoms with van der Waals surface area (Å²) in [4.78, 5) is 12.8. The minimum absolute atomic E-state index is 0.160. The van der Waals surface area contributed by atoms with Crippen molar-refractivity contribution in [2.75, 3.05) is 6.61 Å². The van der Waals surface area contributed by atoms with E-state index in [1.165, 1.54) is 12.8 Å². The molecule has 1 fully saturated rings. The van der Waals surface area contributed by atoms with E-state index in [4.69, 9.17) is 4.74 Å². The second-order valence-corrected chi connectivity index (χ2v) is 4.62. The minimum atomic E-state index is -0.266. The van der Waals surface area contributed by atoms with Gasteiger partial charge in [-0.05, 0) is 31.2 Å². The number of hydrogen-bond acceptors (Lipinski definition) is 4. The molecule has 82 valence electrons. The summed E-state index contributed by atoms with van der Waals surface area (Å²) in [6.45, 7) is 2.27. The van der Waals surface area contributed by atoms with E-state index in [0.29, 0.717) is 12.6 Å². The lowest BCUT2D eigenvalue weighted by atomic mass is 10.2. The average Bonchev–Trinajstić information content (AvgIpc) is 2.88. The van der Waals surface area contributed by atoms with Gasteiger partial charge in [-0.25, -0.2) is 4.79 Å². The van der Waals surface area contributed by atoms with Crippen molar-refractivity contribution >= 4 is 17.3 Å². The van der Waals surface area contributed by atoms with Gasteiger partial charge in [0.2, 0.25) is 0 Å². The zero-order chi connectivity index (χ0) is 10.7. The molecule has 4 heteroatoms. The van der Waals surface area contributed by atoms with Crippen LogP contribution in [-0.2, 0) is 9.53 Å². The summed E-state index contributed by atoms with van der Waals surface area (Å²) in [5.74, 6) is -0.160. The highest BCUT2D eigenvalue weighted by molar-refractivity contribution is 7.10. The van der Waals surface area contributed by atoms with Crippen LogP contribution < -0.4 is 5.32 Å². The van der Waals surface area contributed by atoms with E-state index in [1.807, 2.05) is 24.4 Å². The van der Waals surface area contributed by atoms with Gasteiger partial charge in [-0.15, -0.1) is 11.3 Å². The maximum absolute atomic E-state index is 11.7. The molecule has 0 aromatic carbocycles. The van der Waals surface area contributed by atoms with Crippen LogP contribution in [0.15, 0.2) is 17.5 Å². The predicted octanol–water partition coefficient (Wildman–Crippen LogP) is 2.10. The number of rotatable bonds is 5. The van der Waals surface area contributed by atoms with Gasteiger partial charge in [0.1, 0.15) is 6.04 Å². The van der Waals surface area contributed by atoms with Gasteiger partial charge in [-0.3, -0.25) is 5.32 Å². The highest BCUT2D eigenvalue weighted by Gasteiger charge is 2.30. The molecule has 0 bridgehead atoms. The van der Waals surface area contributed by atoms with E-state index >= 15 is 0 Å². The maximum atomic E-state index is 11.7. The number of esters is 1. The smallest absolute Gasteiger partial charge is 0.328 e. The lowest BCUT2D eigenvalue weighted by molar-refractivity contribution is -0.145. The van der Waals surface area contributed by atoms with Crippen molar-refractivity contribution in [1.82, 2.24) is 5.32 Å². The molecule has 1 aliphatic rings. The van der Waals surface area contributed by atoms with E-state index < -0.39 is 0 Å². The summed E-state index contributed by atoms with van der Waals surface area (Å²) in [6.07, 6.45) is 2.34. The normalized spacial score (nSPS) is 17.4. The summed E-state index contributed by atoms with van der Waals surface area (Å²) in [5.41, 5.74) is 0. The molecule has 1 aliphatic carbocycles. The van der Waals surface area contributed by atoms with E-state index in [1.54, 1.807) is 11.3 Å². The van der Waals surface area contributed by atoms with Crippen LogP contribution in [0.5, 0.6) is 0 Å². The van der Waals surface area contributed by atoms with Gasteiger partial charge in [0.25, 0.3) is 0 Å². The Hall–Kier alpha value is -0.870. The molecule has 1 aromatic rings. The molecular weight excluding hydrogens is 210 g/mol. The first-order chi connectivity index (χ1) is 7.31. The molecule has 1 unspecified atom stereocenters. The first-order valence-electron chi connectivity index (χ1n) is 5.27. The largest absolute Gasteiger partial charge is 0.465 e. The minimum Gasteiger partial charge on any atom is -0.465 e. The number of nitrogens with one attached hydrogen (secondary N) is 1. The molecule has 1 aromatic heterocycles. The van der Waals surface area contributed by atoms with Gasteiger partial charge < -0.3 is 4.74 Å². The van der Waals surface area contributed by atoms with Crippen LogP contribution in [0.2, 0.25) is 0 Å². The quantitative estimate of drug-likeness (QED) is 0.780. The van der Waals surface area contributed by atoms with Gasteiger partial charge in [0, 0.05) is 10.9 Å². The fourth-order valence-corrected chi connectivity index (χ4v) is 2.20. The van der Waals surface area contributed by atoms with Crippen molar-refractivity contribution in [2.24, 2.45) is 0 Å². The van der Waals surface area contributed by atoms with Gasteiger partial charge in [0.15, 0.2) is 0 Å². The van der Waals surface area contributed by atoms with Crippen molar-refractivity contribution in [2.45, 2.75) is 31.8 Å². The standard InChI is InChI=1S/C11H15NO2S/c1-2-14-11(13)10(12-8-5-6-8)9-4-3-7-15-9/h3-4,7-8,10,12H,2,5-6H2,1H3. The maximum Gasteiger partial charge on any atom is 0.328 e. The molecule has 0 aliphatic heterocycles. The van der Waals surface area contributed by atoms with Gasteiger partial charge in [-0.2, -0.15) is 0 Å². The first-order valence-corrected chi connectivity index (χ1v) is 6.15. The SMILES string of the molecule is CCOC(=O)C(NC1CC1)c1cccs1. The Bertz CT molecular complexity index is 319. The van der Waals surface area contributed by atoms with Crippen LogP contribution in [0, 0.1) is 0 Å². The second-order valence-electron chi connectivity index (χ2n) is 3.64. The number of ether oxygens (including phenoxy) is 1. The summed E-state index contributed by atoms with van der Waals surface area (Å²) in [5, 5.41) is 5.30. The molecule has 3 nitrogen and oxygen atoms in total. The number of carbonyl (C=O) groups excluding carboxylic acids is 1. The Labute approximate surface area is 93.4 Å². The summed E-state index contributed by atoms with van der Waals surface area (Å²) in [6, 6.07) is 4.17. The summed E-state index contributed by atoms with van der Waals surface area (Å²) in [7, 11) is 0. The fourth-order valence-electron chi connectivity index (χ4n) is 1.43. The van der Waals surface area contributed by atoms with Crippen molar-refractivity contribution in [1.29, 1.82) is 0 Å². The van der Waals surface area contributed by atoms with Gasteiger partial charge in [0.05, 0.1) is 6.61 Å². The van der Waals surface area contributed by atoms with E-state index in [2.05, 4.69) is 5.32 Å². The van der Waals surface area contributed by atoms with Crippen molar-refractivity contribution in [3.63, 3.8) is 0 Å². The van der Waals surface area contributed by atoms with Crippen LogP contribution in [0.1, 0.15) is 30.7 Å². The summed E-state index contributed by atoms with van der Waals surface area (Å²) < 4.78 is 5.06. The third-order valence-electron chi connectivity index (χ3n) is 2.33. The van der Waals surface area contributed by atoms with E-state index in [-0.39, 0.29) is 12.0 Å². The molecular formula is C11H15NO2S. The third-order valence-corrected chi connectivity index (χ3v) is 3.27. The molecule has 15 heavy (non-hydrogen) atoms. The fraction of sp³-hybridized carbons (Fsp3) is 0.545. The molecule has 1 heterocycles. The van der Waals surface area contributed by atoms with E-state index in [0.717, 1.165) is 4.88 Å². The highest BCUT2D eigenvalue weighted by atomic mass is 32.1. The highest BCUT2D eigenvalue weighted by Crippen LogP contribution is 2.27. The monoisotopic (exact) mass is 225 g/mol. The average molecular weight is 225 g/mol. The van der Waals surface area contributed by atoms with Crippen LogP contribution in [-0.4, -0.2) is 18.6 Å². The van der Waals surface area contributed by atoms with Crippen LogP contribution in [0.3, 0.4) is 0 Å². The van der Waals surface area contributed by atoms with Gasteiger partial charge in [-0.1, -0.05) is 6.07 Å². The Balaban J connectivity index is 2.04. The number of thiophene rings is 1. The topological polar surface area (TPSA) is 38.3 Å². The van der Waals surface area contributed by atoms with Crippen LogP contribution in [0.4, 0.5) is 0 Å². The van der Waals surface area contributed by atoms with Gasteiger partial charge >= 0.3 is 5.97 Å². The molecule has 0 spiro atoms. The van der Waals surface area contributed by atoms with Crippen molar-refractivity contribution in [3.8, 4) is 0 Å². The lowest BCUT2D eigenvalue weighted by Gasteiger charge is -2.15. The first kappa shape index (κ1) is 10.6.